The molecule has 1 heterocycles. The highest BCUT2D eigenvalue weighted by Crippen LogP contribution is 2.20. The number of carbonyl (C=O) groups excluding carboxylic acids is 2. The van der Waals surface area contributed by atoms with E-state index in [1.54, 1.807) is 48.5 Å². The number of hydrogen-bond acceptors (Lipinski definition) is 6. The molecule has 2 N–H and O–H groups in total. The number of nitrogens with zero attached hydrogens (tertiary/aromatic N) is 2. The Labute approximate surface area is 149 Å². The van der Waals surface area contributed by atoms with Gasteiger partial charge in [-0.3, -0.25) is 9.59 Å². The molecule has 0 unspecified atom stereocenters. The Balaban J connectivity index is 1.53. The molecule has 0 saturated carbocycles. The molecule has 0 radical (unpaired) electrons. The predicted molar refractivity (Wildman–Crippen MR) is 94.6 cm³/mol. The monoisotopic (exact) mass is 352 g/mol. The molecule has 0 fully saturated rings. The smallest absolute Gasteiger partial charge is 0.262 e. The first-order valence-corrected chi connectivity index (χ1v) is 7.77. The van der Waals surface area contributed by atoms with E-state index in [4.69, 9.17) is 9.15 Å². The molecule has 8 nitrogen and oxygen atoms in total. The summed E-state index contributed by atoms with van der Waals surface area (Å²) in [4.78, 5) is 23.1. The van der Waals surface area contributed by atoms with Gasteiger partial charge >= 0.3 is 0 Å². The summed E-state index contributed by atoms with van der Waals surface area (Å²) in [7, 11) is 0. The van der Waals surface area contributed by atoms with Crippen molar-refractivity contribution in [1.82, 2.24) is 10.2 Å². The first-order chi connectivity index (χ1) is 12.6. The quantitative estimate of drug-likeness (QED) is 0.706. The number of hydrogen-bond donors (Lipinski definition) is 2. The van der Waals surface area contributed by atoms with Gasteiger partial charge in [0.15, 0.2) is 6.61 Å². The summed E-state index contributed by atoms with van der Waals surface area (Å²) in [5.41, 5.74) is 1.93. The molecule has 2 amide bonds. The van der Waals surface area contributed by atoms with Gasteiger partial charge in [-0.05, 0) is 42.5 Å². The topological polar surface area (TPSA) is 106 Å². The molecule has 26 heavy (non-hydrogen) atoms. The zero-order valence-corrected chi connectivity index (χ0v) is 13.9. The van der Waals surface area contributed by atoms with E-state index in [-0.39, 0.29) is 18.4 Å². The summed E-state index contributed by atoms with van der Waals surface area (Å²) in [5.74, 6) is 0.454. The molecule has 2 aromatic carbocycles. The maximum Gasteiger partial charge on any atom is 0.262 e. The zero-order valence-electron chi connectivity index (χ0n) is 13.9. The van der Waals surface area contributed by atoms with Crippen molar-refractivity contribution in [2.45, 2.75) is 6.92 Å². The van der Waals surface area contributed by atoms with Crippen LogP contribution in [0.15, 0.2) is 59.3 Å². The second-order valence-electron chi connectivity index (χ2n) is 5.37. The van der Waals surface area contributed by atoms with Gasteiger partial charge in [-0.2, -0.15) is 0 Å². The van der Waals surface area contributed by atoms with Crippen LogP contribution in [0.4, 0.5) is 11.4 Å². The molecule has 0 atom stereocenters. The fourth-order valence-electron chi connectivity index (χ4n) is 2.22. The van der Waals surface area contributed by atoms with Gasteiger partial charge < -0.3 is 19.8 Å². The Kier molecular flexibility index (Phi) is 5.23. The minimum absolute atomic E-state index is 0.149. The Morgan fingerprint density at radius 3 is 2.46 bits per heavy atom. The second kappa shape index (κ2) is 7.93. The van der Waals surface area contributed by atoms with E-state index in [1.807, 2.05) is 0 Å². The van der Waals surface area contributed by atoms with Crippen LogP contribution in [-0.4, -0.2) is 28.6 Å². The molecule has 0 saturated heterocycles. The van der Waals surface area contributed by atoms with E-state index in [2.05, 4.69) is 20.8 Å². The van der Waals surface area contributed by atoms with Gasteiger partial charge in [0.05, 0.1) is 0 Å². The SMILES string of the molecule is CC(=O)Nc1cccc(NC(=O)COc2ccc(-c3nnco3)cc2)c1. The number of anilines is 2. The molecule has 0 aliphatic rings. The summed E-state index contributed by atoms with van der Waals surface area (Å²) in [5, 5.41) is 12.8. The molecular formula is C18H16N4O4. The summed E-state index contributed by atoms with van der Waals surface area (Å²) in [6.45, 7) is 1.27. The van der Waals surface area contributed by atoms with Crippen LogP contribution in [0.25, 0.3) is 11.5 Å². The first-order valence-electron chi connectivity index (χ1n) is 7.77. The number of carbonyl (C=O) groups is 2. The molecule has 8 heteroatoms. The van der Waals surface area contributed by atoms with Crippen LogP contribution in [-0.2, 0) is 9.59 Å². The Morgan fingerprint density at radius 2 is 1.81 bits per heavy atom. The Bertz CT molecular complexity index is 892. The number of ether oxygens (including phenoxy) is 1. The highest BCUT2D eigenvalue weighted by Gasteiger charge is 2.07. The summed E-state index contributed by atoms with van der Waals surface area (Å²) in [6.07, 6.45) is 1.25. The predicted octanol–water partition coefficient (Wildman–Crippen LogP) is 2.71. The van der Waals surface area contributed by atoms with Gasteiger partial charge in [0, 0.05) is 23.9 Å². The van der Waals surface area contributed by atoms with Crippen LogP contribution in [0, 0.1) is 0 Å². The molecule has 3 rings (SSSR count). The average Bonchev–Trinajstić information content (AvgIpc) is 3.15. The van der Waals surface area contributed by atoms with Crippen molar-refractivity contribution in [3.8, 4) is 17.2 Å². The van der Waals surface area contributed by atoms with Crippen molar-refractivity contribution in [2.75, 3.05) is 17.2 Å². The lowest BCUT2D eigenvalue weighted by atomic mass is 10.2. The third-order valence-electron chi connectivity index (χ3n) is 3.30. The molecule has 3 aromatic rings. The fraction of sp³-hybridized carbons (Fsp3) is 0.111. The van der Waals surface area contributed by atoms with Crippen LogP contribution in [0.3, 0.4) is 0 Å². The summed E-state index contributed by atoms with van der Waals surface area (Å²) < 4.78 is 10.6. The fourth-order valence-corrected chi connectivity index (χ4v) is 2.22. The Hall–Kier alpha value is -3.68. The number of aromatic nitrogens is 2. The van der Waals surface area contributed by atoms with E-state index in [1.165, 1.54) is 13.3 Å². The van der Waals surface area contributed by atoms with Crippen molar-refractivity contribution in [3.05, 3.63) is 54.9 Å². The zero-order chi connectivity index (χ0) is 18.4. The molecule has 0 spiro atoms. The molecule has 0 aliphatic carbocycles. The summed E-state index contributed by atoms with van der Waals surface area (Å²) >= 11 is 0. The standard InChI is InChI=1S/C18H16N4O4/c1-12(23)20-14-3-2-4-15(9-14)21-17(24)10-25-16-7-5-13(6-8-16)18-22-19-11-26-18/h2-9,11H,10H2,1H3,(H,20,23)(H,21,24). The highest BCUT2D eigenvalue weighted by molar-refractivity contribution is 5.94. The van der Waals surface area contributed by atoms with Crippen molar-refractivity contribution in [2.24, 2.45) is 0 Å². The third-order valence-corrected chi connectivity index (χ3v) is 3.30. The number of amides is 2. The number of benzene rings is 2. The number of rotatable bonds is 6. The Morgan fingerprint density at radius 1 is 1.08 bits per heavy atom. The second-order valence-corrected chi connectivity index (χ2v) is 5.37. The lowest BCUT2D eigenvalue weighted by molar-refractivity contribution is -0.118. The molecule has 132 valence electrons. The van der Waals surface area contributed by atoms with Crippen LogP contribution in [0.5, 0.6) is 5.75 Å². The van der Waals surface area contributed by atoms with Crippen LogP contribution < -0.4 is 15.4 Å². The molecule has 0 aliphatic heterocycles. The summed E-state index contributed by atoms with van der Waals surface area (Å²) in [6, 6.07) is 13.8. The van der Waals surface area contributed by atoms with E-state index in [0.29, 0.717) is 23.0 Å². The van der Waals surface area contributed by atoms with E-state index < -0.39 is 0 Å². The van der Waals surface area contributed by atoms with Gasteiger partial charge in [0.25, 0.3) is 5.91 Å². The van der Waals surface area contributed by atoms with Crippen molar-refractivity contribution in [3.63, 3.8) is 0 Å². The van der Waals surface area contributed by atoms with E-state index in [9.17, 15) is 9.59 Å². The van der Waals surface area contributed by atoms with Crippen LogP contribution in [0.2, 0.25) is 0 Å². The lowest BCUT2D eigenvalue weighted by Gasteiger charge is -2.09. The van der Waals surface area contributed by atoms with Gasteiger partial charge in [-0.1, -0.05) is 6.07 Å². The van der Waals surface area contributed by atoms with E-state index in [0.717, 1.165) is 5.56 Å². The van der Waals surface area contributed by atoms with Gasteiger partial charge in [0.1, 0.15) is 5.75 Å². The van der Waals surface area contributed by atoms with Crippen LogP contribution in [0.1, 0.15) is 6.92 Å². The normalized spacial score (nSPS) is 10.2. The maximum atomic E-state index is 12.0. The van der Waals surface area contributed by atoms with Gasteiger partial charge in [0.2, 0.25) is 18.2 Å². The highest BCUT2D eigenvalue weighted by atomic mass is 16.5. The molecule has 0 bridgehead atoms. The lowest BCUT2D eigenvalue weighted by Crippen LogP contribution is -2.20. The maximum absolute atomic E-state index is 12.0. The third kappa shape index (κ3) is 4.67. The van der Waals surface area contributed by atoms with Gasteiger partial charge in [-0.15, -0.1) is 10.2 Å². The first kappa shape index (κ1) is 17.2. The van der Waals surface area contributed by atoms with E-state index >= 15 is 0 Å². The molecule has 1 aromatic heterocycles. The minimum atomic E-state index is -0.314. The van der Waals surface area contributed by atoms with Gasteiger partial charge in [-0.25, -0.2) is 0 Å². The molecular weight excluding hydrogens is 336 g/mol. The van der Waals surface area contributed by atoms with Crippen molar-refractivity contribution in [1.29, 1.82) is 0 Å². The van der Waals surface area contributed by atoms with Crippen molar-refractivity contribution < 1.29 is 18.7 Å². The van der Waals surface area contributed by atoms with Crippen LogP contribution >= 0.6 is 0 Å². The average molecular weight is 352 g/mol. The largest absolute Gasteiger partial charge is 0.484 e. The number of nitrogens with one attached hydrogen (secondary N) is 2. The van der Waals surface area contributed by atoms with Crippen molar-refractivity contribution >= 4 is 23.2 Å². The minimum Gasteiger partial charge on any atom is -0.484 e.